The summed E-state index contributed by atoms with van der Waals surface area (Å²) in [6.07, 6.45) is 2.56. The maximum Gasteiger partial charge on any atom is 0.323 e. The number of ether oxygens (including phenoxy) is 1. The summed E-state index contributed by atoms with van der Waals surface area (Å²) in [5.41, 5.74) is 0. The fourth-order valence-electron chi connectivity index (χ4n) is 1.85. The molecule has 0 saturated carbocycles. The highest BCUT2D eigenvalue weighted by Crippen LogP contribution is 2.24. The zero-order chi connectivity index (χ0) is 15.9. The van der Waals surface area contributed by atoms with Crippen LogP contribution in [0.25, 0.3) is 0 Å². The lowest BCUT2D eigenvalue weighted by molar-refractivity contribution is -0.143. The fourth-order valence-corrected chi connectivity index (χ4v) is 2.68. The zero-order valence-electron chi connectivity index (χ0n) is 11.9. The van der Waals surface area contributed by atoms with E-state index < -0.39 is 17.8 Å². The van der Waals surface area contributed by atoms with E-state index in [2.05, 4.69) is 4.98 Å². The number of carbonyl (C=O) groups is 2. The number of nitrogens with zero attached hydrogens (tertiary/aromatic N) is 2. The van der Waals surface area contributed by atoms with E-state index in [0.717, 1.165) is 4.42 Å². The van der Waals surface area contributed by atoms with E-state index in [4.69, 9.17) is 16.5 Å². The molecule has 0 aliphatic rings. The number of esters is 1. The van der Waals surface area contributed by atoms with Crippen LogP contribution >= 0.6 is 23.1 Å². The van der Waals surface area contributed by atoms with Crippen molar-refractivity contribution in [3.05, 3.63) is 41.9 Å². The third kappa shape index (κ3) is 4.05. The minimum Gasteiger partial charge on any atom is -0.426 e. The topological polar surface area (TPSA) is 59.5 Å². The molecular weight excluding hydrogens is 324 g/mol. The summed E-state index contributed by atoms with van der Waals surface area (Å²) in [6, 6.07) is 8.63. The van der Waals surface area contributed by atoms with Gasteiger partial charge in [-0.15, -0.1) is 11.3 Å². The Balaban J connectivity index is 2.11. The van der Waals surface area contributed by atoms with Crippen molar-refractivity contribution in [3.8, 4) is 5.75 Å². The van der Waals surface area contributed by atoms with Gasteiger partial charge in [-0.2, -0.15) is 4.42 Å². The van der Waals surface area contributed by atoms with Gasteiger partial charge in [0.2, 0.25) is 5.13 Å². The highest BCUT2D eigenvalue weighted by Gasteiger charge is 2.33. The molecule has 1 heterocycles. The van der Waals surface area contributed by atoms with Crippen molar-refractivity contribution in [2.45, 2.75) is 19.8 Å². The molecule has 0 radical (unpaired) electrons. The van der Waals surface area contributed by atoms with Gasteiger partial charge < -0.3 is 4.74 Å². The number of thiazole rings is 1. The first kappa shape index (κ1) is 16.5. The van der Waals surface area contributed by atoms with E-state index in [1.54, 1.807) is 35.8 Å². The lowest BCUT2D eigenvalue weighted by Crippen LogP contribution is -2.36. The van der Waals surface area contributed by atoms with Gasteiger partial charge in [0, 0.05) is 23.4 Å². The third-order valence-corrected chi connectivity index (χ3v) is 4.09. The Labute approximate surface area is 137 Å². The van der Waals surface area contributed by atoms with Gasteiger partial charge in [0.15, 0.2) is 0 Å². The molecule has 0 aliphatic heterocycles. The first-order valence-corrected chi connectivity index (χ1v) is 8.01. The predicted molar refractivity (Wildman–Crippen MR) is 85.9 cm³/mol. The molecule has 2 rings (SSSR count). The molecule has 0 aliphatic carbocycles. The predicted octanol–water partition coefficient (Wildman–Crippen LogP) is 3.65. The molecule has 0 bridgehead atoms. The van der Waals surface area contributed by atoms with Crippen LogP contribution < -0.4 is 9.16 Å². The Morgan fingerprint density at radius 1 is 1.36 bits per heavy atom. The molecule has 0 spiro atoms. The molecule has 5 nitrogen and oxygen atoms in total. The molecule has 2 aromatic rings. The van der Waals surface area contributed by atoms with Gasteiger partial charge in [-0.3, -0.25) is 9.59 Å². The van der Waals surface area contributed by atoms with Crippen molar-refractivity contribution >= 4 is 40.1 Å². The van der Waals surface area contributed by atoms with Crippen LogP contribution in [0.2, 0.25) is 0 Å². The zero-order valence-corrected chi connectivity index (χ0v) is 13.5. The molecule has 1 atom stereocenters. The van der Waals surface area contributed by atoms with Crippen LogP contribution in [0.3, 0.4) is 0 Å². The monoisotopic (exact) mass is 338 g/mol. The van der Waals surface area contributed by atoms with Crippen LogP contribution in [0, 0.1) is 5.92 Å². The number of anilines is 1. The number of halogens is 1. The van der Waals surface area contributed by atoms with E-state index in [1.165, 1.54) is 11.3 Å². The Morgan fingerprint density at radius 2 is 2.09 bits per heavy atom. The molecule has 7 heteroatoms. The van der Waals surface area contributed by atoms with Crippen LogP contribution in [-0.2, 0) is 9.59 Å². The number of hydrogen-bond donors (Lipinski definition) is 0. The van der Waals surface area contributed by atoms with Crippen molar-refractivity contribution in [3.63, 3.8) is 0 Å². The second-order valence-corrected chi connectivity index (χ2v) is 5.72. The van der Waals surface area contributed by atoms with Gasteiger partial charge in [-0.1, -0.05) is 31.5 Å². The van der Waals surface area contributed by atoms with Crippen LogP contribution in [0.5, 0.6) is 5.75 Å². The largest absolute Gasteiger partial charge is 0.426 e. The second kappa shape index (κ2) is 7.91. The van der Waals surface area contributed by atoms with Crippen molar-refractivity contribution < 1.29 is 14.3 Å². The summed E-state index contributed by atoms with van der Waals surface area (Å²) in [7, 11) is 0. The number of para-hydroxylation sites is 1. The number of amides is 1. The van der Waals surface area contributed by atoms with Gasteiger partial charge in [-0.05, 0) is 18.6 Å². The molecule has 1 unspecified atom stereocenters. The van der Waals surface area contributed by atoms with E-state index in [9.17, 15) is 9.59 Å². The van der Waals surface area contributed by atoms with Gasteiger partial charge in [0.1, 0.15) is 11.7 Å². The maximum atomic E-state index is 12.4. The Morgan fingerprint density at radius 3 is 2.68 bits per heavy atom. The highest BCUT2D eigenvalue weighted by atomic mass is 35.5. The minimum atomic E-state index is -0.952. The lowest BCUT2D eigenvalue weighted by atomic mass is 10.0. The van der Waals surface area contributed by atoms with Crippen LogP contribution in [0.4, 0.5) is 5.13 Å². The molecule has 0 fully saturated rings. The van der Waals surface area contributed by atoms with Crippen molar-refractivity contribution in [1.29, 1.82) is 0 Å². The SMILES string of the molecule is CCCC(C(=O)Oc1ccccc1)C(=O)N(Cl)c1nccs1. The lowest BCUT2D eigenvalue weighted by Gasteiger charge is -2.18. The number of carbonyl (C=O) groups excluding carboxylic acids is 2. The summed E-state index contributed by atoms with van der Waals surface area (Å²) < 4.78 is 6.14. The minimum absolute atomic E-state index is 0.334. The molecule has 0 N–H and O–H groups in total. The quantitative estimate of drug-likeness (QED) is 0.349. The summed E-state index contributed by atoms with van der Waals surface area (Å²) in [6.45, 7) is 1.89. The van der Waals surface area contributed by atoms with E-state index in [1.807, 2.05) is 13.0 Å². The van der Waals surface area contributed by atoms with E-state index in [0.29, 0.717) is 23.7 Å². The number of benzene rings is 1. The molecule has 1 amide bonds. The van der Waals surface area contributed by atoms with Crippen molar-refractivity contribution in [1.82, 2.24) is 4.98 Å². The molecule has 22 heavy (non-hydrogen) atoms. The maximum absolute atomic E-state index is 12.4. The van der Waals surface area contributed by atoms with Gasteiger partial charge in [-0.25, -0.2) is 4.98 Å². The number of hydrogen-bond acceptors (Lipinski definition) is 5. The normalized spacial score (nSPS) is 11.7. The van der Waals surface area contributed by atoms with E-state index >= 15 is 0 Å². The third-order valence-electron chi connectivity index (χ3n) is 2.90. The molecular formula is C15H15ClN2O3S. The highest BCUT2D eigenvalue weighted by molar-refractivity contribution is 7.14. The Bertz CT molecular complexity index is 619. The van der Waals surface area contributed by atoms with Gasteiger partial charge >= 0.3 is 5.97 Å². The van der Waals surface area contributed by atoms with Crippen LogP contribution in [0.15, 0.2) is 41.9 Å². The molecule has 0 saturated heterocycles. The molecule has 1 aromatic carbocycles. The average Bonchev–Trinajstić information content (AvgIpc) is 3.06. The van der Waals surface area contributed by atoms with Crippen molar-refractivity contribution in [2.75, 3.05) is 4.42 Å². The first-order chi connectivity index (χ1) is 10.6. The second-order valence-electron chi connectivity index (χ2n) is 4.51. The number of aromatic nitrogens is 1. The van der Waals surface area contributed by atoms with Gasteiger partial charge in [0.05, 0.1) is 0 Å². The van der Waals surface area contributed by atoms with Gasteiger partial charge in [0.25, 0.3) is 5.91 Å². The summed E-state index contributed by atoms with van der Waals surface area (Å²) in [4.78, 5) is 28.7. The Hall–Kier alpha value is -1.92. The number of rotatable bonds is 6. The van der Waals surface area contributed by atoms with E-state index in [-0.39, 0.29) is 0 Å². The summed E-state index contributed by atoms with van der Waals surface area (Å²) >= 11 is 7.22. The first-order valence-electron chi connectivity index (χ1n) is 6.79. The average molecular weight is 339 g/mol. The summed E-state index contributed by atoms with van der Waals surface area (Å²) in [5, 5.41) is 2.04. The van der Waals surface area contributed by atoms with Crippen LogP contribution in [0.1, 0.15) is 19.8 Å². The van der Waals surface area contributed by atoms with Crippen molar-refractivity contribution in [2.24, 2.45) is 5.92 Å². The molecule has 116 valence electrons. The summed E-state index contributed by atoms with van der Waals surface area (Å²) in [5.74, 6) is -1.69. The van der Waals surface area contributed by atoms with Crippen LogP contribution in [-0.4, -0.2) is 16.9 Å². The molecule has 1 aromatic heterocycles. The Kier molecular flexibility index (Phi) is 5.91. The standard InChI is InChI=1S/C15H15ClN2O3S/c1-2-6-12(13(19)18(16)15-17-9-10-22-15)14(20)21-11-7-4-3-5-8-11/h3-5,7-10,12H,2,6H2,1H3. The smallest absolute Gasteiger partial charge is 0.323 e. The fraction of sp³-hybridized carbons (Fsp3) is 0.267.